The summed E-state index contributed by atoms with van der Waals surface area (Å²) in [6.45, 7) is 4.08. The Morgan fingerprint density at radius 1 is 0.733 bits per heavy atom. The van der Waals surface area contributed by atoms with Gasteiger partial charge in [0, 0.05) is 48.8 Å². The number of nitrogens with one attached hydrogen (secondary N) is 2. The molecule has 2 heterocycles. The maximum Gasteiger partial charge on any atom is 0.253 e. The number of piperidine rings is 1. The molecule has 0 bridgehead atoms. The van der Waals surface area contributed by atoms with E-state index in [1.807, 2.05) is 41.3 Å². The molecule has 0 aromatic heterocycles. The van der Waals surface area contributed by atoms with E-state index in [1.54, 1.807) is 0 Å². The molecule has 2 aliphatic rings. The lowest BCUT2D eigenvalue weighted by molar-refractivity contribution is -0.114. The number of amides is 2. The van der Waals surface area contributed by atoms with Gasteiger partial charge in [0.15, 0.2) is 0 Å². The van der Waals surface area contributed by atoms with Crippen molar-refractivity contribution in [1.29, 1.82) is 0 Å². The minimum absolute atomic E-state index is 0.0878. The van der Waals surface area contributed by atoms with Crippen LogP contribution in [0.25, 0.3) is 0 Å². The van der Waals surface area contributed by atoms with E-state index in [-0.39, 0.29) is 18.4 Å². The number of anilines is 3. The lowest BCUT2D eigenvalue weighted by atomic mass is 10.1. The topological polar surface area (TPSA) is 64.7 Å². The molecular formula is C24H30N4O2. The lowest BCUT2D eigenvalue weighted by Gasteiger charge is -2.28. The Balaban J connectivity index is 1.24. The van der Waals surface area contributed by atoms with Gasteiger partial charge in [-0.05, 0) is 80.6 Å². The zero-order valence-corrected chi connectivity index (χ0v) is 17.4. The molecule has 6 nitrogen and oxygen atoms in total. The van der Waals surface area contributed by atoms with Crippen LogP contribution in [0.15, 0.2) is 48.5 Å². The van der Waals surface area contributed by atoms with E-state index >= 15 is 0 Å². The Kier molecular flexibility index (Phi) is 6.52. The van der Waals surface area contributed by atoms with Gasteiger partial charge in [-0.1, -0.05) is 0 Å². The number of carbonyl (C=O) groups excluding carboxylic acids is 2. The van der Waals surface area contributed by atoms with Gasteiger partial charge in [0.05, 0.1) is 6.54 Å². The standard InChI is InChI=1S/C24H30N4O2/c29-23(26-21-10-12-22(13-11-21)27-14-2-1-3-15-27)18-25-20-8-6-19(7-9-20)24(30)28-16-4-5-17-28/h6-13,25H,1-5,14-18H2,(H,26,29). The van der Waals surface area contributed by atoms with Crippen molar-refractivity contribution in [2.24, 2.45) is 0 Å². The molecule has 158 valence electrons. The van der Waals surface area contributed by atoms with E-state index < -0.39 is 0 Å². The first-order valence-electron chi connectivity index (χ1n) is 11.0. The molecule has 0 atom stereocenters. The summed E-state index contributed by atoms with van der Waals surface area (Å²) in [5.41, 5.74) is 3.53. The highest BCUT2D eigenvalue weighted by Crippen LogP contribution is 2.22. The van der Waals surface area contributed by atoms with Gasteiger partial charge >= 0.3 is 0 Å². The maximum atomic E-state index is 12.4. The van der Waals surface area contributed by atoms with Crippen molar-refractivity contribution in [3.63, 3.8) is 0 Å². The molecule has 2 fully saturated rings. The third-order valence-electron chi connectivity index (χ3n) is 5.85. The van der Waals surface area contributed by atoms with Crippen LogP contribution < -0.4 is 15.5 Å². The third kappa shape index (κ3) is 5.12. The largest absolute Gasteiger partial charge is 0.376 e. The number of hydrogen-bond donors (Lipinski definition) is 2. The first kappa shape index (κ1) is 20.3. The normalized spacial score (nSPS) is 16.4. The molecule has 2 amide bonds. The van der Waals surface area contributed by atoms with Crippen molar-refractivity contribution in [1.82, 2.24) is 4.90 Å². The van der Waals surface area contributed by atoms with Crippen molar-refractivity contribution >= 4 is 28.9 Å². The van der Waals surface area contributed by atoms with Gasteiger partial charge in [0.1, 0.15) is 0 Å². The van der Waals surface area contributed by atoms with Gasteiger partial charge in [-0.25, -0.2) is 0 Å². The number of likely N-dealkylation sites (tertiary alicyclic amines) is 1. The van der Waals surface area contributed by atoms with Gasteiger partial charge in [-0.2, -0.15) is 0 Å². The zero-order valence-electron chi connectivity index (χ0n) is 17.4. The fourth-order valence-corrected chi connectivity index (χ4v) is 4.13. The van der Waals surface area contributed by atoms with E-state index in [0.29, 0.717) is 5.56 Å². The van der Waals surface area contributed by atoms with E-state index in [1.165, 1.54) is 24.9 Å². The molecule has 0 radical (unpaired) electrons. The maximum absolute atomic E-state index is 12.4. The molecular weight excluding hydrogens is 376 g/mol. The molecule has 0 spiro atoms. The molecule has 0 saturated carbocycles. The fraction of sp³-hybridized carbons (Fsp3) is 0.417. The van der Waals surface area contributed by atoms with E-state index in [2.05, 4.69) is 27.7 Å². The van der Waals surface area contributed by atoms with Crippen molar-refractivity contribution in [3.05, 3.63) is 54.1 Å². The fourth-order valence-electron chi connectivity index (χ4n) is 4.13. The van der Waals surface area contributed by atoms with Crippen LogP contribution in [0.3, 0.4) is 0 Å². The first-order valence-corrected chi connectivity index (χ1v) is 11.0. The van der Waals surface area contributed by atoms with Crippen molar-refractivity contribution < 1.29 is 9.59 Å². The van der Waals surface area contributed by atoms with E-state index in [4.69, 9.17) is 0 Å². The second-order valence-corrected chi connectivity index (χ2v) is 8.07. The second kappa shape index (κ2) is 9.65. The number of benzene rings is 2. The average molecular weight is 407 g/mol. The highest BCUT2D eigenvalue weighted by atomic mass is 16.2. The molecule has 2 saturated heterocycles. The van der Waals surface area contributed by atoms with Crippen LogP contribution in [0.1, 0.15) is 42.5 Å². The van der Waals surface area contributed by atoms with Crippen molar-refractivity contribution in [2.45, 2.75) is 32.1 Å². The summed E-state index contributed by atoms with van der Waals surface area (Å²) in [7, 11) is 0. The van der Waals surface area contributed by atoms with Crippen LogP contribution in [0.5, 0.6) is 0 Å². The highest BCUT2D eigenvalue weighted by molar-refractivity contribution is 5.95. The Morgan fingerprint density at radius 2 is 1.33 bits per heavy atom. The Labute approximate surface area is 178 Å². The van der Waals surface area contributed by atoms with E-state index in [9.17, 15) is 9.59 Å². The number of carbonyl (C=O) groups is 2. The first-order chi connectivity index (χ1) is 14.7. The summed E-state index contributed by atoms with van der Waals surface area (Å²) in [5, 5.41) is 6.05. The average Bonchev–Trinajstić information content (AvgIpc) is 3.34. The van der Waals surface area contributed by atoms with Crippen LogP contribution in [0, 0.1) is 0 Å². The van der Waals surface area contributed by atoms with Crippen LogP contribution in [-0.4, -0.2) is 49.4 Å². The summed E-state index contributed by atoms with van der Waals surface area (Å²) in [6, 6.07) is 15.4. The molecule has 6 heteroatoms. The van der Waals surface area contributed by atoms with Gasteiger partial charge in [-0.15, -0.1) is 0 Å². The summed E-state index contributed by atoms with van der Waals surface area (Å²) in [6.07, 6.45) is 5.98. The minimum atomic E-state index is -0.0991. The summed E-state index contributed by atoms with van der Waals surface area (Å²) in [5.74, 6) is -0.0114. The Hall–Kier alpha value is -3.02. The van der Waals surface area contributed by atoms with Crippen LogP contribution in [0.4, 0.5) is 17.1 Å². The third-order valence-corrected chi connectivity index (χ3v) is 5.85. The molecule has 2 aromatic rings. The quantitative estimate of drug-likeness (QED) is 0.762. The Morgan fingerprint density at radius 3 is 2.00 bits per heavy atom. The van der Waals surface area contributed by atoms with Crippen molar-refractivity contribution in [2.75, 3.05) is 48.3 Å². The molecule has 2 aliphatic heterocycles. The second-order valence-electron chi connectivity index (χ2n) is 8.07. The van der Waals surface area contributed by atoms with E-state index in [0.717, 1.165) is 50.4 Å². The zero-order chi connectivity index (χ0) is 20.8. The highest BCUT2D eigenvalue weighted by Gasteiger charge is 2.19. The number of rotatable bonds is 6. The molecule has 30 heavy (non-hydrogen) atoms. The van der Waals surface area contributed by atoms with Gasteiger partial charge in [0.2, 0.25) is 5.91 Å². The van der Waals surface area contributed by atoms with Crippen LogP contribution in [-0.2, 0) is 4.79 Å². The van der Waals surface area contributed by atoms with Gasteiger partial charge in [-0.3, -0.25) is 9.59 Å². The van der Waals surface area contributed by atoms with Crippen LogP contribution >= 0.6 is 0 Å². The number of nitrogens with zero attached hydrogens (tertiary/aromatic N) is 2. The minimum Gasteiger partial charge on any atom is -0.376 e. The van der Waals surface area contributed by atoms with Crippen molar-refractivity contribution in [3.8, 4) is 0 Å². The molecule has 4 rings (SSSR count). The van der Waals surface area contributed by atoms with Gasteiger partial charge < -0.3 is 20.4 Å². The molecule has 2 aromatic carbocycles. The number of hydrogen-bond acceptors (Lipinski definition) is 4. The predicted octanol–water partition coefficient (Wildman–Crippen LogP) is 3.96. The summed E-state index contributed by atoms with van der Waals surface area (Å²) >= 11 is 0. The SMILES string of the molecule is O=C(CNc1ccc(C(=O)N2CCCC2)cc1)Nc1ccc(N2CCCCC2)cc1. The molecule has 0 unspecified atom stereocenters. The van der Waals surface area contributed by atoms with Gasteiger partial charge in [0.25, 0.3) is 5.91 Å². The smallest absolute Gasteiger partial charge is 0.253 e. The molecule has 2 N–H and O–H groups in total. The monoisotopic (exact) mass is 406 g/mol. The lowest BCUT2D eigenvalue weighted by Crippen LogP contribution is -2.29. The molecule has 0 aliphatic carbocycles. The summed E-state index contributed by atoms with van der Waals surface area (Å²) < 4.78 is 0. The Bertz CT molecular complexity index is 852. The predicted molar refractivity (Wildman–Crippen MR) is 121 cm³/mol. The van der Waals surface area contributed by atoms with Crippen LogP contribution in [0.2, 0.25) is 0 Å². The summed E-state index contributed by atoms with van der Waals surface area (Å²) in [4.78, 5) is 29.0.